The molecule has 0 aliphatic carbocycles. The van der Waals surface area contributed by atoms with Crippen LogP contribution < -0.4 is 10.1 Å². The van der Waals surface area contributed by atoms with Crippen molar-refractivity contribution in [2.75, 3.05) is 7.05 Å². The summed E-state index contributed by atoms with van der Waals surface area (Å²) in [5, 5.41) is 3.59. The maximum atomic E-state index is 6.52. The van der Waals surface area contributed by atoms with Gasteiger partial charge in [-0.05, 0) is 68.1 Å². The van der Waals surface area contributed by atoms with Crippen molar-refractivity contribution >= 4 is 0 Å². The fourth-order valence-electron chi connectivity index (χ4n) is 5.86. The lowest BCUT2D eigenvalue weighted by Crippen LogP contribution is -2.57. The van der Waals surface area contributed by atoms with Gasteiger partial charge in [-0.15, -0.1) is 0 Å². The molecule has 2 heterocycles. The van der Waals surface area contributed by atoms with Crippen molar-refractivity contribution in [1.29, 1.82) is 0 Å². The monoisotopic (exact) mass is 440 g/mol. The van der Waals surface area contributed by atoms with Crippen LogP contribution in [-0.2, 0) is 13.1 Å². The summed E-state index contributed by atoms with van der Waals surface area (Å²) in [5.74, 6) is 1.00. The highest BCUT2D eigenvalue weighted by molar-refractivity contribution is 5.63. The molecule has 3 heteroatoms. The third-order valence-electron chi connectivity index (χ3n) is 8.08. The van der Waals surface area contributed by atoms with Gasteiger partial charge in [-0.25, -0.2) is 0 Å². The molecule has 1 N–H and O–H groups in total. The topological polar surface area (TPSA) is 24.5 Å². The first-order valence-corrected chi connectivity index (χ1v) is 12.3. The van der Waals surface area contributed by atoms with Crippen LogP contribution in [0.1, 0.15) is 50.7 Å². The lowest BCUT2D eigenvalue weighted by molar-refractivity contribution is -0.0250. The number of benzene rings is 3. The quantitative estimate of drug-likeness (QED) is 0.458. The van der Waals surface area contributed by atoms with Gasteiger partial charge >= 0.3 is 0 Å². The molecule has 0 spiro atoms. The Morgan fingerprint density at radius 3 is 2.12 bits per heavy atom. The molecule has 2 bridgehead atoms. The Bertz CT molecular complexity index is 1060. The van der Waals surface area contributed by atoms with Gasteiger partial charge in [0.1, 0.15) is 11.9 Å². The highest BCUT2D eigenvalue weighted by Gasteiger charge is 2.54. The molecule has 2 fully saturated rings. The molecule has 0 radical (unpaired) electrons. The van der Waals surface area contributed by atoms with Crippen LogP contribution in [0.5, 0.6) is 5.75 Å². The van der Waals surface area contributed by atoms with E-state index in [2.05, 4.69) is 110 Å². The van der Waals surface area contributed by atoms with Gasteiger partial charge in [-0.3, -0.25) is 4.90 Å². The minimum atomic E-state index is 0.271. The number of ether oxygens (including phenoxy) is 1. The Morgan fingerprint density at radius 1 is 0.788 bits per heavy atom. The number of hydrogen-bond donors (Lipinski definition) is 1. The molecular formula is C30H36N2O. The molecule has 3 nitrogen and oxygen atoms in total. The molecular weight excluding hydrogens is 404 g/mol. The number of piperidine rings is 1. The van der Waals surface area contributed by atoms with Crippen molar-refractivity contribution in [3.05, 3.63) is 90.0 Å². The van der Waals surface area contributed by atoms with Crippen molar-refractivity contribution in [2.24, 2.45) is 0 Å². The van der Waals surface area contributed by atoms with Gasteiger partial charge < -0.3 is 10.1 Å². The van der Waals surface area contributed by atoms with Gasteiger partial charge in [0.05, 0.1) is 0 Å². The number of hydrogen-bond acceptors (Lipinski definition) is 3. The zero-order valence-corrected chi connectivity index (χ0v) is 20.2. The van der Waals surface area contributed by atoms with Gasteiger partial charge in [0.15, 0.2) is 0 Å². The molecule has 33 heavy (non-hydrogen) atoms. The Kier molecular flexibility index (Phi) is 6.03. The van der Waals surface area contributed by atoms with Crippen LogP contribution in [-0.4, -0.2) is 29.1 Å². The van der Waals surface area contributed by atoms with Crippen molar-refractivity contribution in [3.8, 4) is 16.9 Å². The molecule has 3 aromatic rings. The smallest absolute Gasteiger partial charge is 0.120 e. The summed E-state index contributed by atoms with van der Waals surface area (Å²) in [6, 6.07) is 28.0. The van der Waals surface area contributed by atoms with Crippen LogP contribution in [0.2, 0.25) is 0 Å². The van der Waals surface area contributed by atoms with E-state index in [9.17, 15) is 0 Å². The molecule has 2 saturated heterocycles. The number of nitrogens with zero attached hydrogens (tertiary/aromatic N) is 1. The van der Waals surface area contributed by atoms with Crippen LogP contribution >= 0.6 is 0 Å². The summed E-state index contributed by atoms with van der Waals surface area (Å²) in [5.41, 5.74) is 5.62. The first kappa shape index (κ1) is 22.2. The Balaban J connectivity index is 1.15. The van der Waals surface area contributed by atoms with Gasteiger partial charge in [0.2, 0.25) is 0 Å². The third kappa shape index (κ3) is 4.71. The highest BCUT2D eigenvalue weighted by Crippen LogP contribution is 2.49. The fraction of sp³-hybridized carbons (Fsp3) is 0.400. The summed E-state index contributed by atoms with van der Waals surface area (Å²) < 4.78 is 6.52. The SMILES string of the molecule is CN1[C@@]2(C)CC[C@]1(C)CC(Oc1cccc(CNCc3ccc(-c4ccccc4)cc3)c1)C2. The second kappa shape index (κ2) is 8.96. The molecule has 0 aromatic heterocycles. The predicted octanol–water partition coefficient (Wildman–Crippen LogP) is 6.43. The third-order valence-corrected chi connectivity index (χ3v) is 8.08. The first-order chi connectivity index (χ1) is 15.9. The van der Waals surface area contributed by atoms with Crippen molar-refractivity contribution in [2.45, 2.75) is 69.8 Å². The Labute approximate surface area is 198 Å². The van der Waals surface area contributed by atoms with E-state index in [0.717, 1.165) is 31.7 Å². The average Bonchev–Trinajstić information content (AvgIpc) is 2.95. The molecule has 3 atom stereocenters. The summed E-state index contributed by atoms with van der Waals surface area (Å²) in [4.78, 5) is 2.60. The van der Waals surface area contributed by atoms with Gasteiger partial charge in [0, 0.05) is 37.0 Å². The largest absolute Gasteiger partial charge is 0.490 e. The van der Waals surface area contributed by atoms with Gasteiger partial charge in [0.25, 0.3) is 0 Å². The first-order valence-electron chi connectivity index (χ1n) is 12.3. The maximum Gasteiger partial charge on any atom is 0.120 e. The van der Waals surface area contributed by atoms with E-state index >= 15 is 0 Å². The maximum absolute atomic E-state index is 6.52. The van der Waals surface area contributed by atoms with Gasteiger partial charge in [-0.1, -0.05) is 66.7 Å². The predicted molar refractivity (Wildman–Crippen MR) is 136 cm³/mol. The molecule has 2 aliphatic heterocycles. The fourth-order valence-corrected chi connectivity index (χ4v) is 5.86. The lowest BCUT2D eigenvalue weighted by Gasteiger charge is -2.49. The minimum absolute atomic E-state index is 0.271. The average molecular weight is 441 g/mol. The van der Waals surface area contributed by atoms with E-state index in [1.807, 2.05) is 0 Å². The second-order valence-corrected chi connectivity index (χ2v) is 10.5. The van der Waals surface area contributed by atoms with E-state index in [4.69, 9.17) is 4.74 Å². The summed E-state index contributed by atoms with van der Waals surface area (Å²) >= 11 is 0. The second-order valence-electron chi connectivity index (χ2n) is 10.5. The normalized spacial score (nSPS) is 26.9. The number of rotatable bonds is 7. The molecule has 172 valence electrons. The number of fused-ring (bicyclic) bond motifs is 2. The van der Waals surface area contributed by atoms with Crippen molar-refractivity contribution in [1.82, 2.24) is 10.2 Å². The van der Waals surface area contributed by atoms with Crippen molar-refractivity contribution in [3.63, 3.8) is 0 Å². The Morgan fingerprint density at radius 2 is 1.42 bits per heavy atom. The zero-order chi connectivity index (χ0) is 22.9. The summed E-state index contributed by atoms with van der Waals surface area (Å²) in [6.45, 7) is 6.49. The van der Waals surface area contributed by atoms with E-state index in [-0.39, 0.29) is 11.1 Å². The molecule has 0 amide bonds. The number of nitrogens with one attached hydrogen (secondary N) is 1. The van der Waals surface area contributed by atoms with Crippen LogP contribution in [0, 0.1) is 0 Å². The standard InChI is InChI=1S/C30H36N2O/c1-29-16-17-30(2,32(29)3)20-28(19-29)33-27-11-7-8-24(18-27)22-31-21-23-12-14-26(15-13-23)25-9-5-4-6-10-25/h4-15,18,28,31H,16-17,19-22H2,1-3H3/t28?,29-,30+. The van der Waals surface area contributed by atoms with Crippen LogP contribution in [0.3, 0.4) is 0 Å². The van der Waals surface area contributed by atoms with Gasteiger partial charge in [-0.2, -0.15) is 0 Å². The molecule has 0 saturated carbocycles. The summed E-state index contributed by atoms with van der Waals surface area (Å²) in [7, 11) is 2.30. The minimum Gasteiger partial charge on any atom is -0.490 e. The Hall–Kier alpha value is -2.62. The van der Waals surface area contributed by atoms with Crippen LogP contribution in [0.15, 0.2) is 78.9 Å². The molecule has 5 rings (SSSR count). The summed E-state index contributed by atoms with van der Waals surface area (Å²) in [6.07, 6.45) is 5.07. The molecule has 1 unspecified atom stereocenters. The highest BCUT2D eigenvalue weighted by atomic mass is 16.5. The molecule has 2 aliphatic rings. The van der Waals surface area contributed by atoms with E-state index in [1.54, 1.807) is 0 Å². The lowest BCUT2D eigenvalue weighted by atomic mass is 9.84. The van der Waals surface area contributed by atoms with E-state index < -0.39 is 0 Å². The van der Waals surface area contributed by atoms with Crippen LogP contribution in [0.25, 0.3) is 11.1 Å². The van der Waals surface area contributed by atoms with E-state index in [1.165, 1.54) is 35.1 Å². The molecule has 3 aromatic carbocycles. The zero-order valence-electron chi connectivity index (χ0n) is 20.2. The van der Waals surface area contributed by atoms with Crippen LogP contribution in [0.4, 0.5) is 0 Å². The van der Waals surface area contributed by atoms with Crippen molar-refractivity contribution < 1.29 is 4.74 Å². The van der Waals surface area contributed by atoms with E-state index in [0.29, 0.717) is 6.10 Å².